The average molecular weight is 481 g/mol. The van der Waals surface area contributed by atoms with Crippen LogP contribution in [0.4, 0.5) is 0 Å². The molecule has 6 heteroatoms. The second kappa shape index (κ2) is 9.10. The molecule has 3 aromatic carbocycles. The van der Waals surface area contributed by atoms with Crippen molar-refractivity contribution in [2.45, 2.75) is 46.2 Å². The van der Waals surface area contributed by atoms with Crippen molar-refractivity contribution in [3.05, 3.63) is 65.7 Å². The van der Waals surface area contributed by atoms with Gasteiger partial charge in [0.05, 0.1) is 16.6 Å². The molecule has 0 amide bonds. The Balaban J connectivity index is 1.56. The predicted molar refractivity (Wildman–Crippen MR) is 146 cm³/mol. The van der Waals surface area contributed by atoms with Gasteiger partial charge in [0, 0.05) is 47.0 Å². The fourth-order valence-electron chi connectivity index (χ4n) is 6.03. The van der Waals surface area contributed by atoms with E-state index in [1.807, 2.05) is 13.0 Å². The number of rotatable bonds is 7. The largest absolute Gasteiger partial charge is 0.478 e. The van der Waals surface area contributed by atoms with Gasteiger partial charge in [0.1, 0.15) is 5.82 Å². The topological polar surface area (TPSA) is 63.3 Å². The maximum absolute atomic E-state index is 11.9. The summed E-state index contributed by atoms with van der Waals surface area (Å²) in [5.74, 6) is 0.0207. The van der Waals surface area contributed by atoms with Gasteiger partial charge in [-0.05, 0) is 81.2 Å². The number of carboxylic acid groups (broad SMARTS) is 1. The number of aromatic carboxylic acids is 1. The first-order valence-corrected chi connectivity index (χ1v) is 13.1. The first-order valence-electron chi connectivity index (χ1n) is 13.1. The SMILES string of the molecule is CCc1c(C(=O)O)ccc2c1nc(-c1ccc3c(c1)c1ccccc1n3CC)n2CCN1CCCC1. The molecule has 0 radical (unpaired) electrons. The van der Waals surface area contributed by atoms with Gasteiger partial charge in [0.25, 0.3) is 0 Å². The lowest BCUT2D eigenvalue weighted by molar-refractivity contribution is 0.0696. The first kappa shape index (κ1) is 22.8. The number of benzene rings is 3. The molecule has 0 unspecified atom stereocenters. The Bertz CT molecular complexity index is 1600. The van der Waals surface area contributed by atoms with Crippen LogP contribution in [-0.4, -0.2) is 49.7 Å². The monoisotopic (exact) mass is 480 g/mol. The Kier molecular flexibility index (Phi) is 5.76. The third-order valence-electron chi connectivity index (χ3n) is 7.79. The van der Waals surface area contributed by atoms with E-state index in [2.05, 4.69) is 63.4 Å². The number of fused-ring (bicyclic) bond motifs is 4. The second-order valence-electron chi connectivity index (χ2n) is 9.75. The lowest BCUT2D eigenvalue weighted by Crippen LogP contribution is -2.24. The molecule has 2 aromatic heterocycles. The summed E-state index contributed by atoms with van der Waals surface area (Å²) in [6.07, 6.45) is 3.15. The van der Waals surface area contributed by atoms with E-state index in [0.717, 1.165) is 60.7 Å². The van der Waals surface area contributed by atoms with Crippen LogP contribution in [0.1, 0.15) is 42.6 Å². The van der Waals surface area contributed by atoms with E-state index in [4.69, 9.17) is 4.98 Å². The summed E-state index contributed by atoms with van der Waals surface area (Å²) in [6.45, 7) is 9.20. The van der Waals surface area contributed by atoms with Crippen molar-refractivity contribution in [3.63, 3.8) is 0 Å². The van der Waals surface area contributed by atoms with Crippen molar-refractivity contribution in [1.29, 1.82) is 0 Å². The van der Waals surface area contributed by atoms with Crippen LogP contribution in [0, 0.1) is 0 Å². The standard InChI is InChI=1S/C30H32N4O2/c1-3-21-23(30(35)36)12-14-27-28(21)31-29(34(27)18-17-32-15-7-8-16-32)20-11-13-26-24(19-20)22-9-5-6-10-25(22)33(26)4-2/h5-6,9-14,19H,3-4,7-8,15-18H2,1-2H3,(H,35,36). The van der Waals surface area contributed by atoms with E-state index in [9.17, 15) is 9.90 Å². The molecule has 1 fully saturated rings. The number of aryl methyl sites for hydroxylation is 2. The lowest BCUT2D eigenvalue weighted by atomic mass is 10.0. The number of carbonyl (C=O) groups is 1. The highest BCUT2D eigenvalue weighted by Gasteiger charge is 2.21. The molecule has 0 bridgehead atoms. The van der Waals surface area contributed by atoms with Gasteiger partial charge in [0.15, 0.2) is 0 Å². The van der Waals surface area contributed by atoms with E-state index < -0.39 is 5.97 Å². The van der Waals surface area contributed by atoms with Crippen molar-refractivity contribution in [2.75, 3.05) is 19.6 Å². The van der Waals surface area contributed by atoms with Crippen molar-refractivity contribution in [3.8, 4) is 11.4 Å². The Morgan fingerprint density at radius 2 is 1.64 bits per heavy atom. The van der Waals surface area contributed by atoms with E-state index in [1.165, 1.54) is 34.6 Å². The summed E-state index contributed by atoms with van der Waals surface area (Å²) < 4.78 is 4.66. The van der Waals surface area contributed by atoms with Crippen molar-refractivity contribution < 1.29 is 9.90 Å². The third-order valence-corrected chi connectivity index (χ3v) is 7.79. The van der Waals surface area contributed by atoms with E-state index in [-0.39, 0.29) is 0 Å². The minimum absolute atomic E-state index is 0.349. The highest BCUT2D eigenvalue weighted by Crippen LogP contribution is 2.34. The fourth-order valence-corrected chi connectivity index (χ4v) is 6.03. The normalized spacial score (nSPS) is 14.5. The van der Waals surface area contributed by atoms with Gasteiger partial charge < -0.3 is 19.1 Å². The minimum atomic E-state index is -0.893. The molecule has 1 N–H and O–H groups in total. The summed E-state index contributed by atoms with van der Waals surface area (Å²) >= 11 is 0. The first-order chi connectivity index (χ1) is 17.6. The summed E-state index contributed by atoms with van der Waals surface area (Å²) in [4.78, 5) is 19.6. The molecule has 1 saturated heterocycles. The quantitative estimate of drug-likeness (QED) is 0.302. The Hall–Kier alpha value is -3.64. The molecule has 0 aliphatic carbocycles. The van der Waals surface area contributed by atoms with Crippen molar-refractivity contribution in [1.82, 2.24) is 19.0 Å². The van der Waals surface area contributed by atoms with Crippen LogP contribution in [-0.2, 0) is 19.5 Å². The molecule has 3 heterocycles. The summed E-state index contributed by atoms with van der Waals surface area (Å²) in [5.41, 5.74) is 6.52. The molecule has 1 aliphatic rings. The van der Waals surface area contributed by atoms with Crippen molar-refractivity contribution >= 4 is 38.8 Å². The van der Waals surface area contributed by atoms with Gasteiger partial charge in [-0.2, -0.15) is 0 Å². The highest BCUT2D eigenvalue weighted by molar-refractivity contribution is 6.09. The average Bonchev–Trinajstić information content (AvgIpc) is 3.62. The fraction of sp³-hybridized carbons (Fsp3) is 0.333. The third kappa shape index (κ3) is 3.59. The van der Waals surface area contributed by atoms with Crippen LogP contribution < -0.4 is 0 Å². The number of para-hydroxylation sites is 1. The second-order valence-corrected chi connectivity index (χ2v) is 9.75. The molecular weight excluding hydrogens is 448 g/mol. The van der Waals surface area contributed by atoms with Gasteiger partial charge in [-0.3, -0.25) is 0 Å². The molecule has 0 saturated carbocycles. The summed E-state index contributed by atoms with van der Waals surface area (Å²) in [7, 11) is 0. The zero-order valence-corrected chi connectivity index (χ0v) is 21.0. The van der Waals surface area contributed by atoms with Gasteiger partial charge >= 0.3 is 5.97 Å². The molecule has 6 nitrogen and oxygen atoms in total. The van der Waals surface area contributed by atoms with E-state index in [1.54, 1.807) is 6.07 Å². The smallest absolute Gasteiger partial charge is 0.336 e. The number of aromatic nitrogens is 3. The zero-order chi connectivity index (χ0) is 24.8. The number of hydrogen-bond donors (Lipinski definition) is 1. The molecule has 184 valence electrons. The maximum atomic E-state index is 11.9. The van der Waals surface area contributed by atoms with Crippen molar-refractivity contribution in [2.24, 2.45) is 0 Å². The summed E-state index contributed by atoms with van der Waals surface area (Å²) in [5, 5.41) is 12.3. The number of nitrogens with zero attached hydrogens (tertiary/aromatic N) is 4. The van der Waals surface area contributed by atoms with E-state index >= 15 is 0 Å². The molecule has 5 aromatic rings. The van der Waals surface area contributed by atoms with Gasteiger partial charge in [-0.25, -0.2) is 9.78 Å². The zero-order valence-electron chi connectivity index (χ0n) is 21.0. The van der Waals surface area contributed by atoms with Crippen LogP contribution in [0.3, 0.4) is 0 Å². The lowest BCUT2D eigenvalue weighted by Gasteiger charge is -2.17. The number of imidazole rings is 1. The van der Waals surface area contributed by atoms with Gasteiger partial charge in [0.2, 0.25) is 0 Å². The minimum Gasteiger partial charge on any atom is -0.478 e. The highest BCUT2D eigenvalue weighted by atomic mass is 16.4. The number of likely N-dealkylation sites (tertiary alicyclic amines) is 1. The summed E-state index contributed by atoms with van der Waals surface area (Å²) in [6, 6.07) is 18.9. The molecule has 1 aliphatic heterocycles. The predicted octanol–water partition coefficient (Wildman–Crippen LogP) is 6.19. The Labute approximate surface area is 210 Å². The van der Waals surface area contributed by atoms with Crippen LogP contribution in [0.25, 0.3) is 44.2 Å². The number of carboxylic acids is 1. The Morgan fingerprint density at radius 1 is 0.889 bits per heavy atom. The Morgan fingerprint density at radius 3 is 2.39 bits per heavy atom. The molecular formula is C30H32N4O2. The van der Waals surface area contributed by atoms with Crippen LogP contribution in [0.5, 0.6) is 0 Å². The molecule has 36 heavy (non-hydrogen) atoms. The molecule has 0 atom stereocenters. The van der Waals surface area contributed by atoms with Crippen LogP contribution in [0.15, 0.2) is 54.6 Å². The maximum Gasteiger partial charge on any atom is 0.336 e. The van der Waals surface area contributed by atoms with Gasteiger partial charge in [-0.15, -0.1) is 0 Å². The van der Waals surface area contributed by atoms with Gasteiger partial charge in [-0.1, -0.05) is 25.1 Å². The molecule has 6 rings (SSSR count). The number of hydrogen-bond acceptors (Lipinski definition) is 3. The van der Waals surface area contributed by atoms with Crippen LogP contribution >= 0.6 is 0 Å². The van der Waals surface area contributed by atoms with E-state index in [0.29, 0.717) is 12.0 Å². The molecule has 0 spiro atoms. The van der Waals surface area contributed by atoms with Crippen LogP contribution in [0.2, 0.25) is 0 Å².